The number of likely N-dealkylation sites (tertiary alicyclic amines) is 1. The Morgan fingerprint density at radius 3 is 2.77 bits per heavy atom. The van der Waals surface area contributed by atoms with Crippen LogP contribution in [0.1, 0.15) is 33.7 Å². The Balaban J connectivity index is 1.46. The minimum Gasteiger partial charge on any atom is -0.320 e. The van der Waals surface area contributed by atoms with E-state index in [-0.39, 0.29) is 17.1 Å². The zero-order chi connectivity index (χ0) is 21.1. The molecule has 154 valence electrons. The number of benzene rings is 2. The van der Waals surface area contributed by atoms with E-state index in [2.05, 4.69) is 36.8 Å². The molecule has 0 radical (unpaired) electrons. The molecule has 1 fully saturated rings. The van der Waals surface area contributed by atoms with E-state index in [0.29, 0.717) is 22.9 Å². The summed E-state index contributed by atoms with van der Waals surface area (Å²) in [6, 6.07) is 12.5. The Kier molecular flexibility index (Phi) is 6.05. The Bertz CT molecular complexity index is 1090. The van der Waals surface area contributed by atoms with Crippen LogP contribution in [0.2, 0.25) is 0 Å². The first-order valence-corrected chi connectivity index (χ1v) is 10.8. The molecule has 1 atom stereocenters. The van der Waals surface area contributed by atoms with Crippen LogP contribution in [0.5, 0.6) is 0 Å². The number of anilines is 2. The van der Waals surface area contributed by atoms with E-state index in [4.69, 9.17) is 0 Å². The standard InChI is InChI=1S/C20H17BrFN5O2S/c21-14-7-1-2-8-15(14)24-20(29)27-10-4-9-16(27)18-25-26-19(30-18)17(28)23-13-6-3-5-12(22)11-13/h1-3,5-8,11,16H,4,9-10H2,(H,23,28)(H,24,29)/t16-/m1/s1. The molecular weight excluding hydrogens is 473 g/mol. The summed E-state index contributed by atoms with van der Waals surface area (Å²) in [6.07, 6.45) is 1.57. The van der Waals surface area contributed by atoms with Gasteiger partial charge in [0.25, 0.3) is 5.91 Å². The lowest BCUT2D eigenvalue weighted by Gasteiger charge is -2.23. The zero-order valence-electron chi connectivity index (χ0n) is 15.6. The van der Waals surface area contributed by atoms with Gasteiger partial charge < -0.3 is 15.5 Å². The van der Waals surface area contributed by atoms with Gasteiger partial charge in [0, 0.05) is 16.7 Å². The monoisotopic (exact) mass is 489 g/mol. The van der Waals surface area contributed by atoms with E-state index in [0.717, 1.165) is 28.7 Å². The maximum absolute atomic E-state index is 13.3. The maximum Gasteiger partial charge on any atom is 0.322 e. The van der Waals surface area contributed by atoms with Gasteiger partial charge in [0.15, 0.2) is 0 Å². The average Bonchev–Trinajstić information content (AvgIpc) is 3.39. The number of carbonyl (C=O) groups is 2. The van der Waals surface area contributed by atoms with E-state index < -0.39 is 11.7 Å². The van der Waals surface area contributed by atoms with Crippen molar-refractivity contribution in [2.45, 2.75) is 18.9 Å². The number of aromatic nitrogens is 2. The fourth-order valence-electron chi connectivity index (χ4n) is 3.23. The summed E-state index contributed by atoms with van der Waals surface area (Å²) in [5.74, 6) is -0.907. The lowest BCUT2D eigenvalue weighted by molar-refractivity contribution is 0.102. The Morgan fingerprint density at radius 2 is 1.97 bits per heavy atom. The van der Waals surface area contributed by atoms with Crippen molar-refractivity contribution in [1.82, 2.24) is 15.1 Å². The van der Waals surface area contributed by atoms with Crippen molar-refractivity contribution < 1.29 is 14.0 Å². The minimum absolute atomic E-state index is 0.160. The van der Waals surface area contributed by atoms with Gasteiger partial charge in [-0.3, -0.25) is 4.79 Å². The Morgan fingerprint density at radius 1 is 1.13 bits per heavy atom. The molecule has 3 amide bonds. The van der Waals surface area contributed by atoms with Gasteiger partial charge in [-0.2, -0.15) is 0 Å². The van der Waals surface area contributed by atoms with Crippen LogP contribution in [0, 0.1) is 5.82 Å². The second-order valence-corrected chi connectivity index (χ2v) is 8.53. The van der Waals surface area contributed by atoms with Gasteiger partial charge >= 0.3 is 6.03 Å². The first-order valence-electron chi connectivity index (χ1n) is 9.24. The summed E-state index contributed by atoms with van der Waals surface area (Å²) in [5, 5.41) is 14.4. The number of halogens is 2. The average molecular weight is 490 g/mol. The lowest BCUT2D eigenvalue weighted by Crippen LogP contribution is -2.34. The molecule has 1 aliphatic rings. The third-order valence-corrected chi connectivity index (χ3v) is 6.35. The molecule has 10 heteroatoms. The van der Waals surface area contributed by atoms with Crippen molar-refractivity contribution >= 4 is 50.6 Å². The zero-order valence-corrected chi connectivity index (χ0v) is 18.0. The summed E-state index contributed by atoms with van der Waals surface area (Å²) in [4.78, 5) is 26.9. The molecule has 0 unspecified atom stereocenters. The van der Waals surface area contributed by atoms with Crippen LogP contribution < -0.4 is 10.6 Å². The van der Waals surface area contributed by atoms with Crippen molar-refractivity contribution in [3.05, 3.63) is 68.8 Å². The van der Waals surface area contributed by atoms with E-state index >= 15 is 0 Å². The molecule has 2 N–H and O–H groups in total. The molecule has 0 bridgehead atoms. The predicted molar refractivity (Wildman–Crippen MR) is 116 cm³/mol. The molecule has 1 aliphatic heterocycles. The maximum atomic E-state index is 13.3. The fourth-order valence-corrected chi connectivity index (χ4v) is 4.50. The van der Waals surface area contributed by atoms with Gasteiger partial charge in [0.1, 0.15) is 10.8 Å². The number of nitrogens with one attached hydrogen (secondary N) is 2. The van der Waals surface area contributed by atoms with Crippen LogP contribution in [0.15, 0.2) is 53.0 Å². The molecule has 3 aromatic rings. The highest BCUT2D eigenvalue weighted by Crippen LogP contribution is 2.34. The van der Waals surface area contributed by atoms with Gasteiger partial charge in [0.2, 0.25) is 5.01 Å². The molecule has 0 aliphatic carbocycles. The van der Waals surface area contributed by atoms with Crippen LogP contribution >= 0.6 is 27.3 Å². The summed E-state index contributed by atoms with van der Waals surface area (Å²) < 4.78 is 14.1. The number of hydrogen-bond acceptors (Lipinski definition) is 5. The summed E-state index contributed by atoms with van der Waals surface area (Å²) in [7, 11) is 0. The SMILES string of the molecule is O=C(Nc1cccc(F)c1)c1nnc([C@H]2CCCN2C(=O)Nc2ccccc2Br)s1. The lowest BCUT2D eigenvalue weighted by atomic mass is 10.2. The number of carbonyl (C=O) groups excluding carboxylic acids is 2. The van der Waals surface area contributed by atoms with Gasteiger partial charge in [-0.15, -0.1) is 10.2 Å². The van der Waals surface area contributed by atoms with Crippen molar-refractivity contribution in [2.24, 2.45) is 0 Å². The molecule has 0 saturated carbocycles. The highest BCUT2D eigenvalue weighted by Gasteiger charge is 2.33. The molecule has 4 rings (SSSR count). The van der Waals surface area contributed by atoms with Crippen molar-refractivity contribution in [3.8, 4) is 0 Å². The molecule has 7 nitrogen and oxygen atoms in total. The van der Waals surface area contributed by atoms with Gasteiger partial charge in [-0.05, 0) is 59.1 Å². The minimum atomic E-state index is -0.466. The van der Waals surface area contributed by atoms with Crippen molar-refractivity contribution in [1.29, 1.82) is 0 Å². The highest BCUT2D eigenvalue weighted by molar-refractivity contribution is 9.10. The second-order valence-electron chi connectivity index (χ2n) is 6.67. The number of rotatable bonds is 4. The topological polar surface area (TPSA) is 87.2 Å². The molecule has 30 heavy (non-hydrogen) atoms. The van der Waals surface area contributed by atoms with Crippen LogP contribution in [0.3, 0.4) is 0 Å². The summed E-state index contributed by atoms with van der Waals surface area (Å²) in [6.45, 7) is 0.589. The van der Waals surface area contributed by atoms with E-state index in [9.17, 15) is 14.0 Å². The summed E-state index contributed by atoms with van der Waals surface area (Å²) in [5.41, 5.74) is 1.02. The van der Waals surface area contributed by atoms with Crippen LogP contribution in [0.4, 0.5) is 20.6 Å². The second kappa shape index (κ2) is 8.88. The first-order chi connectivity index (χ1) is 14.5. The normalized spacial score (nSPS) is 15.8. The number of urea groups is 1. The molecule has 2 aromatic carbocycles. The van der Waals surface area contributed by atoms with Crippen LogP contribution in [-0.2, 0) is 0 Å². The van der Waals surface area contributed by atoms with Crippen molar-refractivity contribution in [3.63, 3.8) is 0 Å². The number of amides is 3. The number of hydrogen-bond donors (Lipinski definition) is 2. The molecule has 0 spiro atoms. The van der Waals surface area contributed by atoms with E-state index in [1.807, 2.05) is 24.3 Å². The third kappa shape index (κ3) is 4.49. The molecular formula is C20H17BrFN5O2S. The van der Waals surface area contributed by atoms with E-state index in [1.165, 1.54) is 18.2 Å². The largest absolute Gasteiger partial charge is 0.322 e. The van der Waals surface area contributed by atoms with Crippen LogP contribution in [0.25, 0.3) is 0 Å². The van der Waals surface area contributed by atoms with Gasteiger partial charge in [-0.25, -0.2) is 9.18 Å². The van der Waals surface area contributed by atoms with Crippen molar-refractivity contribution in [2.75, 3.05) is 17.2 Å². The van der Waals surface area contributed by atoms with E-state index in [1.54, 1.807) is 11.0 Å². The Hall–Kier alpha value is -2.85. The number of nitrogens with zero attached hydrogens (tertiary/aromatic N) is 3. The highest BCUT2D eigenvalue weighted by atomic mass is 79.9. The smallest absolute Gasteiger partial charge is 0.320 e. The van der Waals surface area contributed by atoms with Crippen LogP contribution in [-0.4, -0.2) is 33.6 Å². The quantitative estimate of drug-likeness (QED) is 0.535. The molecule has 1 saturated heterocycles. The molecule has 2 heterocycles. The molecule has 1 aromatic heterocycles. The third-order valence-electron chi connectivity index (χ3n) is 4.63. The van der Waals surface area contributed by atoms with Gasteiger partial charge in [-0.1, -0.05) is 29.5 Å². The fraction of sp³-hybridized carbons (Fsp3) is 0.200. The Labute approximate surface area is 184 Å². The van der Waals surface area contributed by atoms with Gasteiger partial charge in [0.05, 0.1) is 11.7 Å². The number of para-hydroxylation sites is 1. The predicted octanol–water partition coefficient (Wildman–Crippen LogP) is 5.06. The first kappa shape index (κ1) is 20.4. The summed E-state index contributed by atoms with van der Waals surface area (Å²) >= 11 is 4.56.